The second-order valence-electron chi connectivity index (χ2n) is 5.76. The summed E-state index contributed by atoms with van der Waals surface area (Å²) in [6, 6.07) is 15.1. The van der Waals surface area contributed by atoms with E-state index in [0.717, 1.165) is 12.3 Å². The number of phenolic OH excluding ortho intramolecular Hbond substituents is 2. The number of hydrogen-bond acceptors (Lipinski definition) is 2. The van der Waals surface area contributed by atoms with E-state index in [0.29, 0.717) is 17.4 Å². The Hall–Kier alpha value is -1.96. The van der Waals surface area contributed by atoms with Gasteiger partial charge in [-0.25, -0.2) is 0 Å². The molecule has 2 heteroatoms. The predicted octanol–water partition coefficient (Wildman–Crippen LogP) is 4.22. The highest BCUT2D eigenvalue weighted by molar-refractivity contribution is 5.32. The van der Waals surface area contributed by atoms with Gasteiger partial charge < -0.3 is 10.2 Å². The second-order valence-corrected chi connectivity index (χ2v) is 5.76. The molecule has 0 bridgehead atoms. The Morgan fingerprint density at radius 2 is 1.40 bits per heavy atom. The maximum atomic E-state index is 9.44. The van der Waals surface area contributed by atoms with E-state index < -0.39 is 0 Å². The molecule has 104 valence electrons. The Bertz CT molecular complexity index is 553. The maximum absolute atomic E-state index is 9.44. The van der Waals surface area contributed by atoms with Crippen molar-refractivity contribution in [3.8, 4) is 11.5 Å². The Morgan fingerprint density at radius 1 is 0.850 bits per heavy atom. The fourth-order valence-corrected chi connectivity index (χ4v) is 3.01. The van der Waals surface area contributed by atoms with Crippen molar-refractivity contribution in [1.29, 1.82) is 0 Å². The summed E-state index contributed by atoms with van der Waals surface area (Å²) in [6.07, 6.45) is 4.91. The Balaban J connectivity index is 1.82. The van der Waals surface area contributed by atoms with Crippen molar-refractivity contribution in [2.45, 2.75) is 31.6 Å². The second kappa shape index (κ2) is 5.58. The van der Waals surface area contributed by atoms with Crippen LogP contribution in [0.1, 0.15) is 36.3 Å². The van der Waals surface area contributed by atoms with Gasteiger partial charge in [-0.05, 0) is 66.5 Å². The first-order valence-electron chi connectivity index (χ1n) is 7.29. The fraction of sp³-hybridized carbons (Fsp3) is 0.333. The number of aromatic hydroxyl groups is 2. The minimum absolute atomic E-state index is 0.318. The van der Waals surface area contributed by atoms with Gasteiger partial charge in [0.2, 0.25) is 0 Å². The molecule has 2 aromatic rings. The van der Waals surface area contributed by atoms with E-state index in [9.17, 15) is 10.2 Å². The molecule has 1 aliphatic carbocycles. The van der Waals surface area contributed by atoms with E-state index in [-0.39, 0.29) is 0 Å². The van der Waals surface area contributed by atoms with Crippen LogP contribution >= 0.6 is 0 Å². The highest BCUT2D eigenvalue weighted by atomic mass is 16.3. The van der Waals surface area contributed by atoms with E-state index in [1.807, 2.05) is 24.3 Å². The molecule has 1 saturated carbocycles. The van der Waals surface area contributed by atoms with Crippen LogP contribution in [0.25, 0.3) is 0 Å². The molecule has 0 aliphatic heterocycles. The summed E-state index contributed by atoms with van der Waals surface area (Å²) in [5.41, 5.74) is 2.56. The zero-order chi connectivity index (χ0) is 13.9. The summed E-state index contributed by atoms with van der Waals surface area (Å²) in [5.74, 6) is 1.89. The summed E-state index contributed by atoms with van der Waals surface area (Å²) < 4.78 is 0. The SMILES string of the molecule is Oc1ccc(CC(c2ccc(O)cc2)C2CCC2)cc1. The zero-order valence-corrected chi connectivity index (χ0v) is 11.5. The standard InChI is InChI=1S/C18H20O2/c19-16-8-4-13(5-9-16)12-18(14-2-1-3-14)15-6-10-17(20)11-7-15/h4-11,14,18-20H,1-3,12H2. The van der Waals surface area contributed by atoms with Crippen molar-refractivity contribution in [2.75, 3.05) is 0 Å². The molecule has 2 N–H and O–H groups in total. The van der Waals surface area contributed by atoms with E-state index in [4.69, 9.17) is 0 Å². The van der Waals surface area contributed by atoms with Crippen molar-refractivity contribution in [3.63, 3.8) is 0 Å². The molecule has 0 aromatic heterocycles. The van der Waals surface area contributed by atoms with Crippen molar-refractivity contribution in [2.24, 2.45) is 5.92 Å². The van der Waals surface area contributed by atoms with Crippen LogP contribution in [0.5, 0.6) is 11.5 Å². The first-order chi connectivity index (χ1) is 9.72. The minimum Gasteiger partial charge on any atom is -0.508 e. The molecule has 0 heterocycles. The van der Waals surface area contributed by atoms with Gasteiger partial charge >= 0.3 is 0 Å². The van der Waals surface area contributed by atoms with E-state index >= 15 is 0 Å². The number of benzene rings is 2. The topological polar surface area (TPSA) is 40.5 Å². The molecule has 2 aromatic carbocycles. The summed E-state index contributed by atoms with van der Waals surface area (Å²) in [4.78, 5) is 0. The van der Waals surface area contributed by atoms with Crippen LogP contribution in [-0.2, 0) is 6.42 Å². The van der Waals surface area contributed by atoms with Gasteiger partial charge in [0.15, 0.2) is 0 Å². The molecule has 0 saturated heterocycles. The number of phenols is 2. The molecule has 1 atom stereocenters. The molecule has 1 fully saturated rings. The highest BCUT2D eigenvalue weighted by Crippen LogP contribution is 2.41. The third kappa shape index (κ3) is 2.79. The van der Waals surface area contributed by atoms with Crippen molar-refractivity contribution in [1.82, 2.24) is 0 Å². The molecule has 0 radical (unpaired) electrons. The Kier molecular flexibility index (Phi) is 3.64. The van der Waals surface area contributed by atoms with E-state index in [1.165, 1.54) is 30.4 Å². The van der Waals surface area contributed by atoms with E-state index in [1.54, 1.807) is 24.3 Å². The normalized spacial score (nSPS) is 16.6. The average Bonchev–Trinajstić information content (AvgIpc) is 2.39. The van der Waals surface area contributed by atoms with Gasteiger partial charge in [0.05, 0.1) is 0 Å². The molecule has 1 unspecified atom stereocenters. The lowest BCUT2D eigenvalue weighted by molar-refractivity contribution is 0.259. The lowest BCUT2D eigenvalue weighted by Crippen LogP contribution is -2.22. The van der Waals surface area contributed by atoms with Crippen LogP contribution < -0.4 is 0 Å². The summed E-state index contributed by atoms with van der Waals surface area (Å²) in [6.45, 7) is 0. The molecule has 1 aliphatic rings. The number of hydrogen-bond donors (Lipinski definition) is 2. The molecular weight excluding hydrogens is 248 g/mol. The van der Waals surface area contributed by atoms with Crippen LogP contribution in [0.2, 0.25) is 0 Å². The van der Waals surface area contributed by atoms with E-state index in [2.05, 4.69) is 0 Å². The minimum atomic E-state index is 0.318. The third-order valence-electron chi connectivity index (χ3n) is 4.43. The van der Waals surface area contributed by atoms with Crippen LogP contribution in [0.15, 0.2) is 48.5 Å². The van der Waals surface area contributed by atoms with Gasteiger partial charge in [-0.2, -0.15) is 0 Å². The van der Waals surface area contributed by atoms with Gasteiger partial charge in [0.25, 0.3) is 0 Å². The first-order valence-corrected chi connectivity index (χ1v) is 7.29. The van der Waals surface area contributed by atoms with Gasteiger partial charge in [-0.3, -0.25) is 0 Å². The first kappa shape index (κ1) is 13.0. The average molecular weight is 268 g/mol. The maximum Gasteiger partial charge on any atom is 0.115 e. The van der Waals surface area contributed by atoms with Crippen molar-refractivity contribution < 1.29 is 10.2 Å². The Labute approximate surface area is 119 Å². The lowest BCUT2D eigenvalue weighted by atomic mass is 9.71. The van der Waals surface area contributed by atoms with Crippen molar-refractivity contribution >= 4 is 0 Å². The smallest absolute Gasteiger partial charge is 0.115 e. The van der Waals surface area contributed by atoms with Gasteiger partial charge in [-0.1, -0.05) is 30.7 Å². The number of rotatable bonds is 4. The summed E-state index contributed by atoms with van der Waals surface area (Å²) >= 11 is 0. The van der Waals surface area contributed by atoms with Gasteiger partial charge in [0.1, 0.15) is 11.5 Å². The molecule has 2 nitrogen and oxygen atoms in total. The molecular formula is C18H20O2. The highest BCUT2D eigenvalue weighted by Gasteiger charge is 2.28. The third-order valence-corrected chi connectivity index (χ3v) is 4.43. The predicted molar refractivity (Wildman–Crippen MR) is 80.0 cm³/mol. The van der Waals surface area contributed by atoms with Crippen molar-refractivity contribution in [3.05, 3.63) is 59.7 Å². The zero-order valence-electron chi connectivity index (χ0n) is 11.5. The van der Waals surface area contributed by atoms with Crippen LogP contribution in [-0.4, -0.2) is 10.2 Å². The Morgan fingerprint density at radius 3 is 1.90 bits per heavy atom. The van der Waals surface area contributed by atoms with Crippen LogP contribution in [0, 0.1) is 5.92 Å². The van der Waals surface area contributed by atoms with Gasteiger partial charge in [0, 0.05) is 0 Å². The van der Waals surface area contributed by atoms with Crippen LogP contribution in [0.4, 0.5) is 0 Å². The summed E-state index contributed by atoms with van der Waals surface area (Å²) in [5, 5.41) is 18.8. The quantitative estimate of drug-likeness (QED) is 0.871. The molecule has 20 heavy (non-hydrogen) atoms. The molecule has 0 amide bonds. The summed E-state index contributed by atoms with van der Waals surface area (Å²) in [7, 11) is 0. The van der Waals surface area contributed by atoms with Crippen LogP contribution in [0.3, 0.4) is 0 Å². The fourth-order valence-electron chi connectivity index (χ4n) is 3.01. The molecule has 3 rings (SSSR count). The molecule has 0 spiro atoms. The van der Waals surface area contributed by atoms with Gasteiger partial charge in [-0.15, -0.1) is 0 Å². The largest absolute Gasteiger partial charge is 0.508 e. The monoisotopic (exact) mass is 268 g/mol. The lowest BCUT2D eigenvalue weighted by Gasteiger charge is -2.34.